The number of benzene rings is 2. The van der Waals surface area contributed by atoms with Crippen LogP contribution in [0.1, 0.15) is 55.5 Å². The van der Waals surface area contributed by atoms with Gasteiger partial charge in [0.1, 0.15) is 11.5 Å². The maximum absolute atomic E-state index is 5.13. The predicted molar refractivity (Wildman–Crippen MR) is 112 cm³/mol. The van der Waals surface area contributed by atoms with Gasteiger partial charge in [-0.25, -0.2) is 0 Å². The number of aryl methyl sites for hydroxylation is 4. The van der Waals surface area contributed by atoms with Crippen LogP contribution in [-0.2, 0) is 0 Å². The minimum absolute atomic E-state index is 0.933. The van der Waals surface area contributed by atoms with Crippen molar-refractivity contribution in [2.75, 3.05) is 14.2 Å². The Morgan fingerprint density at radius 1 is 0.520 bits per heavy atom. The summed E-state index contributed by atoms with van der Waals surface area (Å²) in [5, 5.41) is 0. The van der Waals surface area contributed by atoms with Gasteiger partial charge in [0.2, 0.25) is 0 Å². The van der Waals surface area contributed by atoms with E-state index in [1.807, 2.05) is 39.8 Å². The molecular weight excluding hydrogens is 308 g/mol. The van der Waals surface area contributed by atoms with Crippen LogP contribution in [0.3, 0.4) is 0 Å². The normalized spacial score (nSPS) is 8.60. The zero-order valence-electron chi connectivity index (χ0n) is 18.2. The van der Waals surface area contributed by atoms with Crippen molar-refractivity contribution in [3.8, 4) is 11.5 Å². The second-order valence-corrected chi connectivity index (χ2v) is 5.34. The van der Waals surface area contributed by atoms with Gasteiger partial charge in [0, 0.05) is 0 Å². The van der Waals surface area contributed by atoms with E-state index in [0.29, 0.717) is 0 Å². The molecule has 0 saturated heterocycles. The van der Waals surface area contributed by atoms with Gasteiger partial charge >= 0.3 is 0 Å². The van der Waals surface area contributed by atoms with Crippen molar-refractivity contribution >= 4 is 0 Å². The van der Waals surface area contributed by atoms with E-state index in [1.165, 1.54) is 27.8 Å². The lowest BCUT2D eigenvalue weighted by Gasteiger charge is -2.07. The third kappa shape index (κ3) is 9.19. The second kappa shape index (κ2) is 14.4. The van der Waals surface area contributed by atoms with E-state index in [2.05, 4.69) is 52.8 Å². The highest BCUT2D eigenvalue weighted by Gasteiger charge is 1.99. The molecule has 0 radical (unpaired) electrons. The van der Waals surface area contributed by atoms with Crippen LogP contribution in [0.4, 0.5) is 0 Å². The minimum Gasteiger partial charge on any atom is -0.497 e. The number of methoxy groups -OCH3 is 2. The van der Waals surface area contributed by atoms with Gasteiger partial charge in [-0.15, -0.1) is 0 Å². The first-order valence-electron chi connectivity index (χ1n) is 9.12. The summed E-state index contributed by atoms with van der Waals surface area (Å²) in [5.74, 6) is 1.88. The van der Waals surface area contributed by atoms with Crippen LogP contribution in [0.2, 0.25) is 0 Å². The highest BCUT2D eigenvalue weighted by Crippen LogP contribution is 2.20. The fourth-order valence-electron chi connectivity index (χ4n) is 1.95. The quantitative estimate of drug-likeness (QED) is 0.583. The lowest BCUT2D eigenvalue weighted by atomic mass is 10.0. The Morgan fingerprint density at radius 2 is 0.920 bits per heavy atom. The molecule has 0 aliphatic carbocycles. The molecule has 0 spiro atoms. The van der Waals surface area contributed by atoms with Gasteiger partial charge in [-0.2, -0.15) is 0 Å². The van der Waals surface area contributed by atoms with E-state index in [9.17, 15) is 0 Å². The van der Waals surface area contributed by atoms with Crippen molar-refractivity contribution in [3.63, 3.8) is 0 Å². The van der Waals surface area contributed by atoms with Crippen molar-refractivity contribution in [1.82, 2.24) is 0 Å². The molecule has 0 aliphatic heterocycles. The smallest absolute Gasteiger partial charge is 0.119 e. The second-order valence-electron chi connectivity index (χ2n) is 5.34. The summed E-state index contributed by atoms with van der Waals surface area (Å²) >= 11 is 0. The summed E-state index contributed by atoms with van der Waals surface area (Å²) in [5.41, 5.74) is 6.52. The molecule has 25 heavy (non-hydrogen) atoms. The van der Waals surface area contributed by atoms with Crippen LogP contribution in [0, 0.1) is 34.6 Å². The zero-order valence-corrected chi connectivity index (χ0v) is 18.2. The first-order valence-corrected chi connectivity index (χ1v) is 9.12. The van der Waals surface area contributed by atoms with Crippen molar-refractivity contribution in [3.05, 3.63) is 58.1 Å². The Hall–Kier alpha value is -1.96. The largest absolute Gasteiger partial charge is 0.497 e. The fourth-order valence-corrected chi connectivity index (χ4v) is 1.95. The third-order valence-electron chi connectivity index (χ3n) is 3.85. The first-order chi connectivity index (χ1) is 11.9. The highest BCUT2D eigenvalue weighted by atomic mass is 16.5. The van der Waals surface area contributed by atoms with Crippen LogP contribution < -0.4 is 9.47 Å². The molecule has 0 atom stereocenters. The molecule has 0 aliphatic rings. The molecule has 0 fully saturated rings. The topological polar surface area (TPSA) is 18.5 Å². The fraction of sp³-hybridized carbons (Fsp3) is 0.478. The Balaban J connectivity index is 0. The van der Waals surface area contributed by atoms with Gasteiger partial charge in [-0.1, -0.05) is 33.8 Å². The van der Waals surface area contributed by atoms with Crippen molar-refractivity contribution < 1.29 is 9.47 Å². The number of ether oxygens (including phenoxy) is 2. The average molecular weight is 347 g/mol. The van der Waals surface area contributed by atoms with E-state index in [-0.39, 0.29) is 0 Å². The SMILES string of the molecule is CC.CC.COc1cc(C)c(C)c(C)c1.COc1ccc(C)c(C)c1. The summed E-state index contributed by atoms with van der Waals surface area (Å²) < 4.78 is 10.2. The summed E-state index contributed by atoms with van der Waals surface area (Å²) in [6.45, 7) is 18.5. The summed E-state index contributed by atoms with van der Waals surface area (Å²) in [6, 6.07) is 10.2. The van der Waals surface area contributed by atoms with E-state index in [4.69, 9.17) is 9.47 Å². The summed E-state index contributed by atoms with van der Waals surface area (Å²) in [7, 11) is 3.38. The minimum atomic E-state index is 0.933. The van der Waals surface area contributed by atoms with E-state index >= 15 is 0 Å². The zero-order chi connectivity index (χ0) is 20.0. The number of rotatable bonds is 2. The number of hydrogen-bond acceptors (Lipinski definition) is 2. The molecule has 142 valence electrons. The molecule has 0 unspecified atom stereocenters. The number of hydrogen-bond donors (Lipinski definition) is 0. The monoisotopic (exact) mass is 346 g/mol. The van der Waals surface area contributed by atoms with E-state index in [1.54, 1.807) is 14.2 Å². The maximum Gasteiger partial charge on any atom is 0.119 e. The summed E-state index contributed by atoms with van der Waals surface area (Å²) in [4.78, 5) is 0. The van der Waals surface area contributed by atoms with Crippen molar-refractivity contribution in [1.29, 1.82) is 0 Å². The molecular formula is C23H38O2. The van der Waals surface area contributed by atoms with Gasteiger partial charge in [-0.05, 0) is 86.7 Å². The van der Waals surface area contributed by atoms with Crippen LogP contribution >= 0.6 is 0 Å². The molecule has 0 amide bonds. The van der Waals surface area contributed by atoms with E-state index in [0.717, 1.165) is 11.5 Å². The van der Waals surface area contributed by atoms with Gasteiger partial charge in [0.05, 0.1) is 14.2 Å². The molecule has 0 bridgehead atoms. The van der Waals surface area contributed by atoms with E-state index < -0.39 is 0 Å². The van der Waals surface area contributed by atoms with Gasteiger partial charge in [-0.3, -0.25) is 0 Å². The molecule has 0 heterocycles. The average Bonchev–Trinajstić information content (AvgIpc) is 2.65. The van der Waals surface area contributed by atoms with Crippen molar-refractivity contribution in [2.45, 2.75) is 62.3 Å². The maximum atomic E-state index is 5.13. The molecule has 2 aromatic rings. The van der Waals surface area contributed by atoms with Crippen LogP contribution in [0.25, 0.3) is 0 Å². The van der Waals surface area contributed by atoms with Gasteiger partial charge < -0.3 is 9.47 Å². The molecule has 2 rings (SSSR count). The molecule has 0 N–H and O–H groups in total. The molecule has 2 aromatic carbocycles. The highest BCUT2D eigenvalue weighted by molar-refractivity contribution is 5.40. The van der Waals surface area contributed by atoms with Crippen LogP contribution in [-0.4, -0.2) is 14.2 Å². The standard InChI is InChI=1S/C10H14O.C9H12O.2C2H6/c1-7-5-10(11-4)6-8(2)9(7)3;1-7-4-5-9(10-3)6-8(7)2;2*1-2/h5-6H,1-4H3;4-6H,1-3H3;2*1-2H3. The third-order valence-corrected chi connectivity index (χ3v) is 3.85. The van der Waals surface area contributed by atoms with Gasteiger partial charge in [0.25, 0.3) is 0 Å². The molecule has 2 heteroatoms. The van der Waals surface area contributed by atoms with Crippen LogP contribution in [0.5, 0.6) is 11.5 Å². The lowest BCUT2D eigenvalue weighted by molar-refractivity contribution is 0.414. The molecule has 2 nitrogen and oxygen atoms in total. The molecule has 0 aromatic heterocycles. The van der Waals surface area contributed by atoms with Crippen LogP contribution in [0.15, 0.2) is 30.3 Å². The van der Waals surface area contributed by atoms with Gasteiger partial charge in [0.15, 0.2) is 0 Å². The Labute approximate surface area is 156 Å². The Kier molecular flexibility index (Phi) is 14.6. The van der Waals surface area contributed by atoms with Crippen molar-refractivity contribution in [2.24, 2.45) is 0 Å². The molecule has 0 saturated carbocycles. The Bertz CT molecular complexity index is 578. The summed E-state index contributed by atoms with van der Waals surface area (Å²) in [6.07, 6.45) is 0. The lowest BCUT2D eigenvalue weighted by Crippen LogP contribution is -1.89. The Morgan fingerprint density at radius 3 is 1.28 bits per heavy atom. The predicted octanol–water partition coefficient (Wildman–Crippen LogP) is 6.98. The first kappa shape index (κ1) is 25.3.